The maximum atomic E-state index is 14.1. The summed E-state index contributed by atoms with van der Waals surface area (Å²) in [5.74, 6) is -3.85. The molecule has 0 unspecified atom stereocenters. The van der Waals surface area contributed by atoms with Crippen LogP contribution in [0.25, 0.3) is 0 Å². The molecule has 4 N–H and O–H groups in total. The van der Waals surface area contributed by atoms with Crippen LogP contribution in [0.3, 0.4) is 0 Å². The van der Waals surface area contributed by atoms with Crippen LogP contribution < -0.4 is 16.0 Å². The fourth-order valence-electron chi connectivity index (χ4n) is 5.63. The largest absolute Gasteiger partial charge is 0.390 e. The predicted octanol–water partition coefficient (Wildman–Crippen LogP) is 5.43. The number of halogens is 4. The Labute approximate surface area is 307 Å². The topological polar surface area (TPSA) is 137 Å². The molecule has 0 aliphatic rings. The number of benzene rings is 2. The second kappa shape index (κ2) is 21.9. The van der Waals surface area contributed by atoms with Gasteiger partial charge in [-0.15, -0.1) is 24.8 Å². The van der Waals surface area contributed by atoms with Crippen LogP contribution in [0.15, 0.2) is 60.9 Å². The minimum absolute atomic E-state index is 0. The van der Waals surface area contributed by atoms with Gasteiger partial charge in [0.05, 0.1) is 28.7 Å². The molecule has 50 heavy (non-hydrogen) atoms. The standard InChI is InChI=1S/C36H48F2N4O5S.2ClH/c1-5-9-31(10-6-2)48(46,47)23-33(42-35(44)28-13-24(4)19-39-21-28)36(45)41-32(17-27-15-29(37)18-30(38)16-27)34(43)22-40-20-26-12-8-11-25(7-3)14-26;;/h8,11-16,18-19,21,31-34,40,43H,5-7,9-10,17,20,22-23H2,1-4H3,(H,41,45)(H,42,44);2*1H/t32-,33+,34+;;/m0../s1. The summed E-state index contributed by atoms with van der Waals surface area (Å²) >= 11 is 0. The molecule has 2 amide bonds. The molecule has 3 atom stereocenters. The molecule has 0 fully saturated rings. The molecule has 1 heterocycles. The first-order chi connectivity index (χ1) is 22.8. The van der Waals surface area contributed by atoms with E-state index in [4.69, 9.17) is 0 Å². The van der Waals surface area contributed by atoms with Crippen molar-refractivity contribution in [3.8, 4) is 0 Å². The van der Waals surface area contributed by atoms with Gasteiger partial charge in [-0.25, -0.2) is 17.2 Å². The first-order valence-electron chi connectivity index (χ1n) is 16.5. The quantitative estimate of drug-likeness (QED) is 0.128. The van der Waals surface area contributed by atoms with E-state index in [2.05, 4.69) is 20.9 Å². The summed E-state index contributed by atoms with van der Waals surface area (Å²) in [4.78, 5) is 31.2. The van der Waals surface area contributed by atoms with Gasteiger partial charge in [-0.3, -0.25) is 14.6 Å². The van der Waals surface area contributed by atoms with Crippen molar-refractivity contribution in [2.45, 2.75) is 96.2 Å². The number of hydrogen-bond acceptors (Lipinski definition) is 7. The van der Waals surface area contributed by atoms with E-state index in [9.17, 15) is 31.9 Å². The van der Waals surface area contributed by atoms with E-state index in [1.807, 2.05) is 45.0 Å². The van der Waals surface area contributed by atoms with Crippen molar-refractivity contribution in [1.82, 2.24) is 20.9 Å². The number of aromatic nitrogens is 1. The molecule has 9 nitrogen and oxygen atoms in total. The van der Waals surface area contributed by atoms with Crippen LogP contribution in [0, 0.1) is 18.6 Å². The van der Waals surface area contributed by atoms with E-state index in [0.717, 1.165) is 35.7 Å². The lowest BCUT2D eigenvalue weighted by Crippen LogP contribution is -2.57. The minimum Gasteiger partial charge on any atom is -0.390 e. The molecule has 0 saturated heterocycles. The van der Waals surface area contributed by atoms with E-state index >= 15 is 0 Å². The van der Waals surface area contributed by atoms with Gasteiger partial charge in [0.2, 0.25) is 5.91 Å². The Balaban J connectivity index is 0.00000625. The highest BCUT2D eigenvalue weighted by molar-refractivity contribution is 7.92. The van der Waals surface area contributed by atoms with Crippen LogP contribution in [-0.4, -0.2) is 66.1 Å². The third-order valence-corrected chi connectivity index (χ3v) is 10.4. The summed E-state index contributed by atoms with van der Waals surface area (Å²) in [5.41, 5.74) is 3.16. The molecule has 1 aromatic heterocycles. The highest BCUT2D eigenvalue weighted by atomic mass is 35.5. The van der Waals surface area contributed by atoms with Gasteiger partial charge < -0.3 is 21.1 Å². The fourth-order valence-corrected chi connectivity index (χ4v) is 7.80. The third kappa shape index (κ3) is 14.2. The summed E-state index contributed by atoms with van der Waals surface area (Å²) in [6, 6.07) is 9.80. The van der Waals surface area contributed by atoms with Crippen LogP contribution in [-0.2, 0) is 34.0 Å². The lowest BCUT2D eigenvalue weighted by atomic mass is 10.00. The smallest absolute Gasteiger partial charge is 0.253 e. The summed E-state index contributed by atoms with van der Waals surface area (Å²) in [6.45, 7) is 7.96. The molecule has 3 rings (SSSR count). The number of nitrogens with zero attached hydrogens (tertiary/aromatic N) is 1. The number of amides is 2. The molecule has 0 bridgehead atoms. The lowest BCUT2D eigenvalue weighted by Gasteiger charge is -2.28. The Bertz CT molecular complexity index is 1610. The lowest BCUT2D eigenvalue weighted by molar-refractivity contribution is -0.124. The molecule has 0 aliphatic heterocycles. The average molecular weight is 760 g/mol. The average Bonchev–Trinajstić information content (AvgIpc) is 3.03. The zero-order valence-corrected chi connectivity index (χ0v) is 31.4. The molecule has 3 aromatic rings. The van der Waals surface area contributed by atoms with Gasteiger partial charge >= 0.3 is 0 Å². The number of nitrogens with one attached hydrogen (secondary N) is 3. The van der Waals surface area contributed by atoms with Gasteiger partial charge in [0.25, 0.3) is 5.91 Å². The van der Waals surface area contributed by atoms with Crippen LogP contribution >= 0.6 is 24.8 Å². The summed E-state index contributed by atoms with van der Waals surface area (Å²) < 4.78 is 55.5. The highest BCUT2D eigenvalue weighted by Crippen LogP contribution is 2.18. The number of aliphatic hydroxyl groups excluding tert-OH is 1. The second-order valence-corrected chi connectivity index (χ2v) is 14.6. The number of carbonyl (C=O) groups is 2. The van der Waals surface area contributed by atoms with Crippen LogP contribution in [0.2, 0.25) is 0 Å². The van der Waals surface area contributed by atoms with E-state index in [-0.39, 0.29) is 48.9 Å². The second-order valence-electron chi connectivity index (χ2n) is 12.3. The van der Waals surface area contributed by atoms with Crippen molar-refractivity contribution in [2.75, 3.05) is 12.3 Å². The molecule has 0 saturated carbocycles. The minimum atomic E-state index is -3.87. The number of carbonyl (C=O) groups excluding carboxylic acids is 2. The molecule has 14 heteroatoms. The van der Waals surface area contributed by atoms with E-state index in [0.29, 0.717) is 37.8 Å². The first-order valence-corrected chi connectivity index (χ1v) is 18.2. The molecule has 2 aromatic carbocycles. The van der Waals surface area contributed by atoms with Gasteiger partial charge in [0, 0.05) is 31.5 Å². The summed E-state index contributed by atoms with van der Waals surface area (Å²) in [6.07, 6.45) is 4.36. The van der Waals surface area contributed by atoms with Gasteiger partial charge in [-0.1, -0.05) is 57.9 Å². The number of rotatable bonds is 19. The number of aryl methyl sites for hydroxylation is 2. The number of aliphatic hydroxyl groups is 1. The maximum Gasteiger partial charge on any atom is 0.253 e. The molecule has 278 valence electrons. The molecule has 0 aliphatic carbocycles. The van der Waals surface area contributed by atoms with E-state index < -0.39 is 62.5 Å². The SMILES string of the molecule is CCCC(CCC)S(=O)(=O)C[C@@H](NC(=O)c1cncc(C)c1)C(=O)N[C@@H](Cc1cc(F)cc(F)c1)[C@H](O)CNCc1cccc(CC)c1.Cl.Cl. The van der Waals surface area contributed by atoms with Gasteiger partial charge in [0.15, 0.2) is 9.84 Å². The molecule has 0 spiro atoms. The van der Waals surface area contributed by atoms with E-state index in [1.165, 1.54) is 6.20 Å². The van der Waals surface area contributed by atoms with Crippen LogP contribution in [0.5, 0.6) is 0 Å². The molecular weight excluding hydrogens is 709 g/mol. The summed E-state index contributed by atoms with van der Waals surface area (Å²) in [7, 11) is -3.87. The normalized spacial score (nSPS) is 13.0. The number of hydrogen-bond donors (Lipinski definition) is 4. The van der Waals surface area contributed by atoms with Gasteiger partial charge in [-0.2, -0.15) is 0 Å². The van der Waals surface area contributed by atoms with Crippen LogP contribution in [0.4, 0.5) is 8.78 Å². The number of sulfone groups is 1. The monoisotopic (exact) mass is 758 g/mol. The number of pyridine rings is 1. The van der Waals surface area contributed by atoms with Gasteiger partial charge in [-0.05, 0) is 73.1 Å². The zero-order valence-electron chi connectivity index (χ0n) is 29.0. The Hall–Kier alpha value is -3.16. The Morgan fingerprint density at radius 2 is 1.52 bits per heavy atom. The highest BCUT2D eigenvalue weighted by Gasteiger charge is 2.34. The summed E-state index contributed by atoms with van der Waals surface area (Å²) in [5, 5.41) is 19.0. The maximum absolute atomic E-state index is 14.1. The molecular formula is C36H50Cl2F2N4O5S. The van der Waals surface area contributed by atoms with Crippen molar-refractivity contribution < 1.29 is 31.9 Å². The van der Waals surface area contributed by atoms with Crippen molar-refractivity contribution in [2.24, 2.45) is 0 Å². The van der Waals surface area contributed by atoms with Gasteiger partial charge in [0.1, 0.15) is 17.7 Å². The zero-order chi connectivity index (χ0) is 35.3. The first kappa shape index (κ1) is 44.9. The predicted molar refractivity (Wildman–Crippen MR) is 198 cm³/mol. The Morgan fingerprint density at radius 1 is 0.880 bits per heavy atom. The van der Waals surface area contributed by atoms with Crippen LogP contribution in [0.1, 0.15) is 79.1 Å². The van der Waals surface area contributed by atoms with Crippen molar-refractivity contribution in [3.63, 3.8) is 0 Å². The molecule has 0 radical (unpaired) electrons. The van der Waals surface area contributed by atoms with Crippen molar-refractivity contribution in [3.05, 3.63) is 100 Å². The third-order valence-electron chi connectivity index (χ3n) is 8.14. The van der Waals surface area contributed by atoms with Crippen molar-refractivity contribution in [1.29, 1.82) is 0 Å². The Kier molecular flexibility index (Phi) is 19.7. The fraction of sp³-hybridized carbons (Fsp3) is 0.472. The van der Waals surface area contributed by atoms with E-state index in [1.54, 1.807) is 19.2 Å². The Morgan fingerprint density at radius 3 is 2.12 bits per heavy atom. The van der Waals surface area contributed by atoms with Crippen molar-refractivity contribution >= 4 is 46.5 Å².